The van der Waals surface area contributed by atoms with Crippen LogP contribution in [-0.4, -0.2) is 41.6 Å². The number of carbonyl (C=O) groups is 2. The number of hydrogen-bond acceptors (Lipinski definition) is 6. The maximum Gasteiger partial charge on any atom is 0.409 e. The van der Waals surface area contributed by atoms with Crippen LogP contribution in [0.3, 0.4) is 0 Å². The van der Waals surface area contributed by atoms with E-state index in [0.717, 1.165) is 66.5 Å². The first-order valence-electron chi connectivity index (χ1n) is 15.1. The first-order valence-corrected chi connectivity index (χ1v) is 15.1. The zero-order chi connectivity index (χ0) is 29.3. The van der Waals surface area contributed by atoms with Gasteiger partial charge in [0.15, 0.2) is 0 Å². The van der Waals surface area contributed by atoms with Crippen molar-refractivity contribution < 1.29 is 23.5 Å². The summed E-state index contributed by atoms with van der Waals surface area (Å²) < 4.78 is 17.2. The summed E-state index contributed by atoms with van der Waals surface area (Å²) in [6.45, 7) is 5.84. The van der Waals surface area contributed by atoms with E-state index in [4.69, 9.17) is 18.9 Å². The van der Waals surface area contributed by atoms with Gasteiger partial charge in [0.05, 0.1) is 18.2 Å². The number of oxazole rings is 1. The Morgan fingerprint density at radius 2 is 1.69 bits per heavy atom. The van der Waals surface area contributed by atoms with Crippen molar-refractivity contribution in [3.63, 3.8) is 0 Å². The Kier molecular flexibility index (Phi) is 9.90. The molecule has 0 aliphatic carbocycles. The number of hydrogen-bond donors (Lipinski definition) is 0. The number of nitrogens with zero attached hydrogens (tertiary/aromatic N) is 2. The predicted octanol–water partition coefficient (Wildman–Crippen LogP) is 7.74. The van der Waals surface area contributed by atoms with E-state index < -0.39 is 0 Å². The molecule has 0 saturated carbocycles. The van der Waals surface area contributed by atoms with Crippen molar-refractivity contribution in [3.8, 4) is 11.5 Å². The van der Waals surface area contributed by atoms with Gasteiger partial charge in [0.1, 0.15) is 12.4 Å². The minimum Gasteiger partial charge on any atom is -0.461 e. The van der Waals surface area contributed by atoms with E-state index in [1.54, 1.807) is 4.90 Å². The first-order chi connectivity index (χ1) is 20.5. The summed E-state index contributed by atoms with van der Waals surface area (Å²) in [6.07, 6.45) is 4.39. The molecular weight excluding hydrogens is 528 g/mol. The van der Waals surface area contributed by atoms with Crippen molar-refractivity contribution in [1.29, 1.82) is 0 Å². The van der Waals surface area contributed by atoms with Crippen molar-refractivity contribution in [2.45, 2.75) is 59.0 Å². The van der Waals surface area contributed by atoms with E-state index in [2.05, 4.69) is 24.3 Å². The standard InChI is InChI=1S/C35H40N2O5/c1-3-31(34(38)41-24-26-11-5-4-6-12-26)28-18-20-37(21-19-28)35(39)40-22-10-9-15-32-25(2)42-33(36-32)30-17-16-27-13-7-8-14-29(27)23-30/h4-8,11-14,16-17,23,28,31H,3,9-10,15,18-22,24H2,1-2H3. The number of carbonyl (C=O) groups excluding carboxylic acids is 2. The van der Waals surface area contributed by atoms with Crippen molar-refractivity contribution in [1.82, 2.24) is 9.88 Å². The number of fused-ring (bicyclic) bond motifs is 1. The van der Waals surface area contributed by atoms with Crippen LogP contribution >= 0.6 is 0 Å². The maximum atomic E-state index is 12.8. The number of benzene rings is 3. The van der Waals surface area contributed by atoms with Gasteiger partial charge in [0, 0.05) is 18.7 Å². The van der Waals surface area contributed by atoms with Gasteiger partial charge in [-0.1, -0.05) is 67.6 Å². The van der Waals surface area contributed by atoms with Gasteiger partial charge in [-0.2, -0.15) is 0 Å². The molecule has 1 fully saturated rings. The molecule has 1 aromatic heterocycles. The molecule has 3 aromatic carbocycles. The van der Waals surface area contributed by atoms with Gasteiger partial charge < -0.3 is 18.8 Å². The Morgan fingerprint density at radius 3 is 2.45 bits per heavy atom. The van der Waals surface area contributed by atoms with Crippen LogP contribution in [0.2, 0.25) is 0 Å². The number of amides is 1. The average Bonchev–Trinajstić information content (AvgIpc) is 3.40. The van der Waals surface area contributed by atoms with Crippen LogP contribution in [0.5, 0.6) is 0 Å². The van der Waals surface area contributed by atoms with Crippen LogP contribution in [0.15, 0.2) is 77.2 Å². The monoisotopic (exact) mass is 568 g/mol. The van der Waals surface area contributed by atoms with Gasteiger partial charge in [-0.15, -0.1) is 0 Å². The second-order valence-corrected chi connectivity index (χ2v) is 11.1. The smallest absolute Gasteiger partial charge is 0.409 e. The fourth-order valence-corrected chi connectivity index (χ4v) is 5.76. The topological polar surface area (TPSA) is 81.9 Å². The molecule has 1 atom stereocenters. The maximum absolute atomic E-state index is 12.8. The third-order valence-corrected chi connectivity index (χ3v) is 8.26. The predicted molar refractivity (Wildman–Crippen MR) is 163 cm³/mol. The van der Waals surface area contributed by atoms with Crippen LogP contribution in [-0.2, 0) is 27.3 Å². The molecule has 1 aliphatic heterocycles. The molecule has 4 aromatic rings. The molecule has 0 N–H and O–H groups in total. The SMILES string of the molecule is CCC(C(=O)OCc1ccccc1)C1CCN(C(=O)OCCCCc2nc(-c3ccc4ccccc4c3)oc2C)CC1. The molecular formula is C35H40N2O5. The van der Waals surface area contributed by atoms with Crippen LogP contribution in [0.1, 0.15) is 56.0 Å². The molecule has 5 rings (SSSR count). The first kappa shape index (κ1) is 29.4. The van der Waals surface area contributed by atoms with E-state index in [9.17, 15) is 9.59 Å². The summed E-state index contributed by atoms with van der Waals surface area (Å²) in [4.78, 5) is 31.9. The van der Waals surface area contributed by atoms with E-state index in [1.807, 2.05) is 62.4 Å². The van der Waals surface area contributed by atoms with Crippen LogP contribution in [0, 0.1) is 18.8 Å². The van der Waals surface area contributed by atoms with E-state index in [-0.39, 0.29) is 23.9 Å². The average molecular weight is 569 g/mol. The number of unbranched alkanes of at least 4 members (excludes halogenated alkanes) is 1. The molecule has 1 aliphatic rings. The highest BCUT2D eigenvalue weighted by molar-refractivity contribution is 5.86. The summed E-state index contributed by atoms with van der Waals surface area (Å²) >= 11 is 0. The molecule has 1 unspecified atom stereocenters. The zero-order valence-electron chi connectivity index (χ0n) is 24.6. The lowest BCUT2D eigenvalue weighted by Crippen LogP contribution is -2.41. The number of aromatic nitrogens is 1. The molecule has 7 nitrogen and oxygen atoms in total. The summed E-state index contributed by atoms with van der Waals surface area (Å²) in [5.41, 5.74) is 2.90. The minimum atomic E-state index is -0.274. The largest absolute Gasteiger partial charge is 0.461 e. The summed E-state index contributed by atoms with van der Waals surface area (Å²) in [7, 11) is 0. The van der Waals surface area contributed by atoms with Gasteiger partial charge in [-0.3, -0.25) is 4.79 Å². The highest BCUT2D eigenvalue weighted by Crippen LogP contribution is 2.29. The number of esters is 1. The van der Waals surface area contributed by atoms with Crippen LogP contribution in [0.4, 0.5) is 4.79 Å². The van der Waals surface area contributed by atoms with Crippen molar-refractivity contribution in [2.75, 3.05) is 19.7 Å². The summed E-state index contributed by atoms with van der Waals surface area (Å²) in [5.74, 6) is 1.39. The Hall–Kier alpha value is -4.13. The molecule has 1 saturated heterocycles. The third-order valence-electron chi connectivity index (χ3n) is 8.26. The number of likely N-dealkylation sites (tertiary alicyclic amines) is 1. The fourth-order valence-electron chi connectivity index (χ4n) is 5.76. The number of aryl methyl sites for hydroxylation is 2. The van der Waals surface area contributed by atoms with E-state index in [1.165, 1.54) is 5.39 Å². The number of piperidine rings is 1. The molecule has 42 heavy (non-hydrogen) atoms. The number of rotatable bonds is 11. The summed E-state index contributed by atoms with van der Waals surface area (Å²) in [5, 5.41) is 2.35. The van der Waals surface area contributed by atoms with Gasteiger partial charge >= 0.3 is 12.1 Å². The van der Waals surface area contributed by atoms with Crippen molar-refractivity contribution >= 4 is 22.8 Å². The number of ether oxygens (including phenoxy) is 2. The van der Waals surface area contributed by atoms with Gasteiger partial charge in [0.25, 0.3) is 0 Å². The Morgan fingerprint density at radius 1 is 0.952 bits per heavy atom. The minimum absolute atomic E-state index is 0.144. The molecule has 220 valence electrons. The molecule has 0 radical (unpaired) electrons. The van der Waals surface area contributed by atoms with Gasteiger partial charge in [-0.25, -0.2) is 9.78 Å². The Balaban J connectivity index is 1.01. The zero-order valence-corrected chi connectivity index (χ0v) is 24.6. The second kappa shape index (κ2) is 14.2. The van der Waals surface area contributed by atoms with Crippen molar-refractivity contribution in [3.05, 3.63) is 89.8 Å². The second-order valence-electron chi connectivity index (χ2n) is 11.1. The Labute approximate surface area is 247 Å². The molecule has 7 heteroatoms. The normalized spacial score (nSPS) is 14.6. The molecule has 0 spiro atoms. The van der Waals surface area contributed by atoms with E-state index >= 15 is 0 Å². The summed E-state index contributed by atoms with van der Waals surface area (Å²) in [6, 6.07) is 24.2. The molecule has 1 amide bonds. The lowest BCUT2D eigenvalue weighted by atomic mass is 9.83. The van der Waals surface area contributed by atoms with E-state index in [0.29, 0.717) is 32.2 Å². The Bertz CT molecular complexity index is 1470. The molecule has 0 bridgehead atoms. The third kappa shape index (κ3) is 7.38. The van der Waals surface area contributed by atoms with Gasteiger partial charge in [0.2, 0.25) is 5.89 Å². The van der Waals surface area contributed by atoms with Crippen LogP contribution in [0.25, 0.3) is 22.2 Å². The molecule has 2 heterocycles. The highest BCUT2D eigenvalue weighted by Gasteiger charge is 2.33. The highest BCUT2D eigenvalue weighted by atomic mass is 16.6. The van der Waals surface area contributed by atoms with Crippen molar-refractivity contribution in [2.24, 2.45) is 11.8 Å². The quantitative estimate of drug-likeness (QED) is 0.136. The lowest BCUT2D eigenvalue weighted by Gasteiger charge is -2.34. The fraction of sp³-hybridized carbons (Fsp3) is 0.400. The van der Waals surface area contributed by atoms with Crippen LogP contribution < -0.4 is 0 Å². The lowest BCUT2D eigenvalue weighted by molar-refractivity contribution is -0.152. The van der Waals surface area contributed by atoms with Gasteiger partial charge in [-0.05, 0) is 79.8 Å².